The predicted molar refractivity (Wildman–Crippen MR) is 89.0 cm³/mol. The van der Waals surface area contributed by atoms with Gasteiger partial charge in [0.1, 0.15) is 0 Å². The molecule has 1 aliphatic heterocycles. The maximum Gasteiger partial charge on any atom is 0.244 e. The number of piperidine rings is 1. The number of rotatable bonds is 3. The summed E-state index contributed by atoms with van der Waals surface area (Å²) in [5, 5.41) is 0. The number of benzene rings is 1. The van der Waals surface area contributed by atoms with Crippen LogP contribution in [0.4, 0.5) is 0 Å². The molecule has 1 fully saturated rings. The molecule has 6 heteroatoms. The maximum atomic E-state index is 12.9. The largest absolute Gasteiger partial charge is 0.366 e. The fourth-order valence-corrected chi connectivity index (χ4v) is 5.30. The summed E-state index contributed by atoms with van der Waals surface area (Å²) in [6, 6.07) is 5.08. The Morgan fingerprint density at radius 2 is 1.87 bits per heavy atom. The van der Waals surface area contributed by atoms with Gasteiger partial charge in [-0.05, 0) is 47.6 Å². The van der Waals surface area contributed by atoms with Crippen molar-refractivity contribution in [1.29, 1.82) is 0 Å². The molecule has 2 unspecified atom stereocenters. The lowest BCUT2D eigenvalue weighted by molar-refractivity contribution is -0.114. The molecule has 5 nitrogen and oxygen atoms in total. The quantitative estimate of drug-likeness (QED) is 0.915. The third-order valence-corrected chi connectivity index (χ3v) is 6.45. The Labute approximate surface area is 137 Å². The molecule has 3 rings (SSSR count). The standard InChI is InChI=1S/C17H22N2O3S/c1-11-5-12(2)10-19(9-11)23(21,22)16-4-3-13-6-15(17(18)20)7-14(13)8-16/h3-4,7-8,11-12H,5-6,9-10H2,1-2H3,(H2,18,20). The van der Waals surface area contributed by atoms with Crippen molar-refractivity contribution in [3.8, 4) is 0 Å². The van der Waals surface area contributed by atoms with Gasteiger partial charge in [0.15, 0.2) is 0 Å². The van der Waals surface area contributed by atoms with Crippen molar-refractivity contribution < 1.29 is 13.2 Å². The molecule has 2 atom stereocenters. The van der Waals surface area contributed by atoms with Crippen molar-refractivity contribution in [3.05, 3.63) is 34.9 Å². The van der Waals surface area contributed by atoms with Gasteiger partial charge in [-0.25, -0.2) is 8.42 Å². The number of amides is 1. The first-order valence-corrected chi connectivity index (χ1v) is 9.35. The second-order valence-corrected chi connectivity index (χ2v) is 8.78. The SMILES string of the molecule is CC1CC(C)CN(S(=O)(=O)c2ccc3c(c2)C=C(C(N)=O)C3)C1. The fourth-order valence-electron chi connectivity index (χ4n) is 3.58. The van der Waals surface area contributed by atoms with Gasteiger partial charge in [0.05, 0.1) is 4.90 Å². The lowest BCUT2D eigenvalue weighted by Gasteiger charge is -2.34. The number of hydrogen-bond acceptors (Lipinski definition) is 3. The van der Waals surface area contributed by atoms with Gasteiger partial charge in [0.25, 0.3) is 0 Å². The normalized spacial score (nSPS) is 25.0. The van der Waals surface area contributed by atoms with Crippen molar-refractivity contribution in [2.45, 2.75) is 31.6 Å². The number of hydrogen-bond donors (Lipinski definition) is 1. The lowest BCUT2D eigenvalue weighted by Crippen LogP contribution is -2.42. The van der Waals surface area contributed by atoms with E-state index in [9.17, 15) is 13.2 Å². The molecule has 0 saturated carbocycles. The maximum absolute atomic E-state index is 12.9. The smallest absolute Gasteiger partial charge is 0.244 e. The molecule has 2 aliphatic rings. The average molecular weight is 334 g/mol. The Morgan fingerprint density at radius 1 is 1.22 bits per heavy atom. The summed E-state index contributed by atoms with van der Waals surface area (Å²) in [5.41, 5.74) is 7.56. The molecular formula is C17H22N2O3S. The summed E-state index contributed by atoms with van der Waals surface area (Å²) in [4.78, 5) is 11.6. The first-order valence-electron chi connectivity index (χ1n) is 7.91. The van der Waals surface area contributed by atoms with E-state index in [1.54, 1.807) is 28.6 Å². The highest BCUT2D eigenvalue weighted by Gasteiger charge is 2.32. The summed E-state index contributed by atoms with van der Waals surface area (Å²) < 4.78 is 27.4. The first kappa shape index (κ1) is 16.2. The van der Waals surface area contributed by atoms with Crippen LogP contribution in [0.2, 0.25) is 0 Å². The van der Waals surface area contributed by atoms with Crippen LogP contribution < -0.4 is 5.73 Å². The molecule has 1 aromatic rings. The summed E-state index contributed by atoms with van der Waals surface area (Å²) in [7, 11) is -3.50. The van der Waals surface area contributed by atoms with E-state index in [2.05, 4.69) is 13.8 Å². The lowest BCUT2D eigenvalue weighted by atomic mass is 9.94. The van der Waals surface area contributed by atoms with Gasteiger partial charge in [-0.3, -0.25) is 4.79 Å². The monoisotopic (exact) mass is 334 g/mol. The number of nitrogens with two attached hydrogens (primary N) is 1. The van der Waals surface area contributed by atoms with Crippen LogP contribution in [0.1, 0.15) is 31.4 Å². The number of fused-ring (bicyclic) bond motifs is 1. The van der Waals surface area contributed by atoms with E-state index < -0.39 is 15.9 Å². The number of nitrogens with zero attached hydrogens (tertiary/aromatic N) is 1. The van der Waals surface area contributed by atoms with Gasteiger partial charge < -0.3 is 5.73 Å². The van der Waals surface area contributed by atoms with Gasteiger partial charge >= 0.3 is 0 Å². The van der Waals surface area contributed by atoms with Crippen molar-refractivity contribution in [1.82, 2.24) is 4.31 Å². The molecule has 23 heavy (non-hydrogen) atoms. The van der Waals surface area contributed by atoms with Gasteiger partial charge in [-0.1, -0.05) is 19.9 Å². The molecule has 0 radical (unpaired) electrons. The van der Waals surface area contributed by atoms with E-state index in [-0.39, 0.29) is 0 Å². The zero-order valence-electron chi connectivity index (χ0n) is 13.5. The molecule has 1 aliphatic carbocycles. The Balaban J connectivity index is 1.93. The third-order valence-electron chi connectivity index (χ3n) is 4.62. The second kappa shape index (κ2) is 5.76. The summed E-state index contributed by atoms with van der Waals surface area (Å²) in [6.07, 6.45) is 3.22. The van der Waals surface area contributed by atoms with Crippen molar-refractivity contribution in [2.75, 3.05) is 13.1 Å². The van der Waals surface area contributed by atoms with E-state index in [4.69, 9.17) is 5.73 Å². The molecule has 1 amide bonds. The second-order valence-electron chi connectivity index (χ2n) is 6.84. The van der Waals surface area contributed by atoms with Gasteiger partial charge in [-0.2, -0.15) is 4.31 Å². The zero-order valence-corrected chi connectivity index (χ0v) is 14.3. The highest BCUT2D eigenvalue weighted by Crippen LogP contribution is 2.30. The third kappa shape index (κ3) is 3.05. The van der Waals surface area contributed by atoms with Gasteiger partial charge in [0.2, 0.25) is 15.9 Å². The van der Waals surface area contributed by atoms with E-state index >= 15 is 0 Å². The summed E-state index contributed by atoms with van der Waals surface area (Å²) in [5.74, 6) is 0.276. The van der Waals surface area contributed by atoms with Crippen LogP contribution in [0.15, 0.2) is 28.7 Å². The van der Waals surface area contributed by atoms with E-state index in [0.29, 0.717) is 41.8 Å². The fraction of sp³-hybridized carbons (Fsp3) is 0.471. The minimum Gasteiger partial charge on any atom is -0.366 e. The predicted octanol–water partition coefficient (Wildman–Crippen LogP) is 1.78. The van der Waals surface area contributed by atoms with Gasteiger partial charge in [-0.15, -0.1) is 0 Å². The highest BCUT2D eigenvalue weighted by molar-refractivity contribution is 7.89. The van der Waals surface area contributed by atoms with Crippen molar-refractivity contribution in [2.24, 2.45) is 17.6 Å². The van der Waals surface area contributed by atoms with Crippen LogP contribution in [0, 0.1) is 11.8 Å². The molecule has 1 aromatic carbocycles. The van der Waals surface area contributed by atoms with Crippen LogP contribution in [0.3, 0.4) is 0 Å². The Morgan fingerprint density at radius 3 is 2.48 bits per heavy atom. The van der Waals surface area contributed by atoms with Crippen LogP contribution >= 0.6 is 0 Å². The highest BCUT2D eigenvalue weighted by atomic mass is 32.2. The van der Waals surface area contributed by atoms with E-state index in [1.165, 1.54) is 0 Å². The number of carbonyl (C=O) groups is 1. The minimum atomic E-state index is -3.50. The Bertz CT molecular complexity index is 773. The van der Waals surface area contributed by atoms with Crippen molar-refractivity contribution >= 4 is 22.0 Å². The average Bonchev–Trinajstić information content (AvgIpc) is 2.89. The first-order chi connectivity index (χ1) is 10.8. The number of primary amides is 1. The molecule has 1 saturated heterocycles. The van der Waals surface area contributed by atoms with Crippen LogP contribution in [0.25, 0.3) is 6.08 Å². The molecule has 0 aromatic heterocycles. The summed E-state index contributed by atoms with van der Waals surface area (Å²) in [6.45, 7) is 5.30. The zero-order chi connectivity index (χ0) is 16.8. The van der Waals surface area contributed by atoms with Crippen LogP contribution in [0.5, 0.6) is 0 Å². The molecule has 2 N–H and O–H groups in total. The molecule has 0 spiro atoms. The molecule has 124 valence electrons. The van der Waals surface area contributed by atoms with E-state index in [0.717, 1.165) is 17.5 Å². The number of carbonyl (C=O) groups excluding carboxylic acids is 1. The van der Waals surface area contributed by atoms with Crippen molar-refractivity contribution in [3.63, 3.8) is 0 Å². The molecule has 0 bridgehead atoms. The molecule has 1 heterocycles. The summed E-state index contributed by atoms with van der Waals surface area (Å²) >= 11 is 0. The Kier molecular flexibility index (Phi) is 4.06. The van der Waals surface area contributed by atoms with Crippen LogP contribution in [-0.2, 0) is 21.2 Å². The van der Waals surface area contributed by atoms with Crippen LogP contribution in [-0.4, -0.2) is 31.7 Å². The Hall–Kier alpha value is -1.66. The topological polar surface area (TPSA) is 80.5 Å². The van der Waals surface area contributed by atoms with Gasteiger partial charge in [0, 0.05) is 25.1 Å². The molecular weight excluding hydrogens is 312 g/mol. The minimum absolute atomic E-state index is 0.291. The number of sulfonamides is 1. The van der Waals surface area contributed by atoms with E-state index in [1.807, 2.05) is 0 Å².